The molecule has 0 fully saturated rings. The van der Waals surface area contributed by atoms with Gasteiger partial charge in [0.2, 0.25) is 0 Å². The quantitative estimate of drug-likeness (QED) is 0.509. The van der Waals surface area contributed by atoms with Crippen molar-refractivity contribution in [3.05, 3.63) is 0 Å². The molecule has 0 aliphatic carbocycles. The molecule has 0 saturated heterocycles. The van der Waals surface area contributed by atoms with Crippen LogP contribution in [-0.4, -0.2) is 32.4 Å². The van der Waals surface area contributed by atoms with Crippen molar-refractivity contribution in [2.45, 2.75) is 25.7 Å². The molecule has 0 aliphatic rings. The fourth-order valence-corrected chi connectivity index (χ4v) is 1.29. The van der Waals surface area contributed by atoms with Crippen LogP contribution in [0.2, 0.25) is 25.7 Å². The van der Waals surface area contributed by atoms with Crippen LogP contribution in [0.15, 0.2) is 0 Å². The summed E-state index contributed by atoms with van der Waals surface area (Å²) < 4.78 is 4.91. The van der Waals surface area contributed by atoms with Crippen molar-refractivity contribution in [3.63, 3.8) is 0 Å². The maximum absolute atomic E-state index is 10.0. The number of carbonyl (C=O) groups is 1. The molecule has 0 rings (SSSR count). The van der Waals surface area contributed by atoms with Crippen molar-refractivity contribution < 1.29 is 14.6 Å². The Morgan fingerprint density at radius 3 is 2.36 bits per heavy atom. The molecule has 66 valence electrons. The van der Waals surface area contributed by atoms with Crippen molar-refractivity contribution in [1.82, 2.24) is 0 Å². The summed E-state index contributed by atoms with van der Waals surface area (Å²) in [5, 5.41) is 8.23. The minimum Gasteiger partial charge on any atom is -0.480 e. The fraction of sp³-hybridized carbons (Fsp3) is 0.857. The smallest absolute Gasteiger partial charge is 0.329 e. The summed E-state index contributed by atoms with van der Waals surface area (Å²) in [7, 11) is -1.05. The highest BCUT2D eigenvalue weighted by atomic mass is 28.3. The van der Waals surface area contributed by atoms with Gasteiger partial charge in [-0.1, -0.05) is 19.6 Å². The zero-order valence-electron chi connectivity index (χ0n) is 7.39. The number of carboxylic acids is 1. The lowest BCUT2D eigenvalue weighted by Crippen LogP contribution is -2.22. The van der Waals surface area contributed by atoms with Crippen LogP contribution >= 0.6 is 0 Å². The van der Waals surface area contributed by atoms with Crippen LogP contribution in [0.3, 0.4) is 0 Å². The highest BCUT2D eigenvalue weighted by Gasteiger charge is 2.12. The zero-order valence-corrected chi connectivity index (χ0v) is 8.39. The second-order valence-corrected chi connectivity index (χ2v) is 9.38. The summed E-state index contributed by atoms with van der Waals surface area (Å²) in [5.74, 6) is -0.888. The predicted molar refractivity (Wildman–Crippen MR) is 46.6 cm³/mol. The Bertz CT molecular complexity index is 128. The van der Waals surface area contributed by atoms with Gasteiger partial charge in [-0.25, -0.2) is 4.79 Å². The number of carboxylic acid groups (broad SMARTS) is 1. The van der Waals surface area contributed by atoms with Gasteiger partial charge in [0.05, 0.1) is 0 Å². The number of ether oxygens (including phenoxy) is 1. The van der Waals surface area contributed by atoms with Crippen LogP contribution in [0.25, 0.3) is 0 Å². The summed E-state index contributed by atoms with van der Waals surface area (Å²) >= 11 is 0. The van der Waals surface area contributed by atoms with E-state index in [4.69, 9.17) is 9.84 Å². The van der Waals surface area contributed by atoms with Gasteiger partial charge in [0.25, 0.3) is 0 Å². The normalized spacial score (nSPS) is 11.5. The second-order valence-electron chi connectivity index (χ2n) is 3.76. The van der Waals surface area contributed by atoms with E-state index in [0.717, 1.165) is 6.04 Å². The number of rotatable bonds is 5. The average molecular weight is 176 g/mol. The molecule has 1 N–H and O–H groups in total. The summed E-state index contributed by atoms with van der Waals surface area (Å²) in [6.07, 6.45) is 0. The van der Waals surface area contributed by atoms with Crippen molar-refractivity contribution in [1.29, 1.82) is 0 Å². The first-order valence-electron chi connectivity index (χ1n) is 3.71. The van der Waals surface area contributed by atoms with Gasteiger partial charge < -0.3 is 9.84 Å². The first kappa shape index (κ1) is 10.6. The van der Waals surface area contributed by atoms with E-state index in [1.165, 1.54) is 0 Å². The molecule has 0 amide bonds. The van der Waals surface area contributed by atoms with Gasteiger partial charge in [-0.15, -0.1) is 0 Å². The monoisotopic (exact) mass is 176 g/mol. The highest BCUT2D eigenvalue weighted by molar-refractivity contribution is 6.76. The highest BCUT2D eigenvalue weighted by Crippen LogP contribution is 2.07. The molecule has 0 aromatic rings. The minimum absolute atomic E-state index is 0.162. The molecule has 0 aliphatic heterocycles. The Kier molecular flexibility index (Phi) is 4.36. The lowest BCUT2D eigenvalue weighted by molar-refractivity contribution is -0.142. The number of aliphatic carboxylic acids is 1. The van der Waals surface area contributed by atoms with Gasteiger partial charge in [0.15, 0.2) is 0 Å². The molecule has 0 bridgehead atoms. The molecule has 4 heteroatoms. The first-order valence-corrected chi connectivity index (χ1v) is 7.42. The van der Waals surface area contributed by atoms with Crippen LogP contribution < -0.4 is 0 Å². The summed E-state index contributed by atoms with van der Waals surface area (Å²) in [6.45, 7) is 7.12. The third-order valence-corrected chi connectivity index (χ3v) is 2.93. The lowest BCUT2D eigenvalue weighted by Gasteiger charge is -2.14. The predicted octanol–water partition coefficient (Wildman–Crippen LogP) is 1.43. The van der Waals surface area contributed by atoms with Gasteiger partial charge in [-0.2, -0.15) is 0 Å². The first-order chi connectivity index (χ1) is 4.92. The Hall–Kier alpha value is -0.353. The fourth-order valence-electron chi connectivity index (χ4n) is 0.538. The minimum atomic E-state index is -1.05. The van der Waals surface area contributed by atoms with E-state index in [1.807, 2.05) is 0 Å². The molecule has 11 heavy (non-hydrogen) atoms. The molecule has 0 aromatic carbocycles. The molecule has 3 nitrogen and oxygen atoms in total. The van der Waals surface area contributed by atoms with Gasteiger partial charge in [0.1, 0.15) is 6.61 Å². The van der Waals surface area contributed by atoms with E-state index in [2.05, 4.69) is 19.6 Å². The van der Waals surface area contributed by atoms with Crippen LogP contribution in [0.1, 0.15) is 0 Å². The van der Waals surface area contributed by atoms with E-state index in [-0.39, 0.29) is 6.61 Å². The second kappa shape index (κ2) is 4.51. The summed E-state index contributed by atoms with van der Waals surface area (Å²) in [5.41, 5.74) is 0. The van der Waals surface area contributed by atoms with Crippen LogP contribution in [0.4, 0.5) is 0 Å². The van der Waals surface area contributed by atoms with E-state index in [0.29, 0.717) is 6.61 Å². The van der Waals surface area contributed by atoms with E-state index >= 15 is 0 Å². The molecule has 0 aromatic heterocycles. The molecule has 0 atom stereocenters. The Labute approximate surface area is 68.4 Å². The zero-order chi connectivity index (χ0) is 8.91. The Balaban J connectivity index is 3.22. The maximum Gasteiger partial charge on any atom is 0.329 e. The molecule has 0 saturated carbocycles. The van der Waals surface area contributed by atoms with Crippen molar-refractivity contribution in [2.75, 3.05) is 13.2 Å². The Morgan fingerprint density at radius 1 is 1.45 bits per heavy atom. The topological polar surface area (TPSA) is 46.5 Å². The third-order valence-electron chi connectivity index (χ3n) is 1.22. The molecule has 0 spiro atoms. The molecular weight excluding hydrogens is 160 g/mol. The Morgan fingerprint density at radius 2 is 2.00 bits per heavy atom. The third kappa shape index (κ3) is 9.65. The average Bonchev–Trinajstić information content (AvgIpc) is 1.78. The SMILES string of the molecule is C[Si](C)(C)CCOCC(=O)O. The standard InChI is InChI=1S/C7H16O3Si/c1-11(2,3)5-4-10-6-7(8)9/h4-6H2,1-3H3,(H,8,9). The molecule has 0 unspecified atom stereocenters. The van der Waals surface area contributed by atoms with Gasteiger partial charge >= 0.3 is 5.97 Å². The van der Waals surface area contributed by atoms with E-state index < -0.39 is 14.0 Å². The number of hydrogen-bond donors (Lipinski definition) is 1. The van der Waals surface area contributed by atoms with Crippen LogP contribution in [-0.2, 0) is 9.53 Å². The van der Waals surface area contributed by atoms with Crippen molar-refractivity contribution >= 4 is 14.0 Å². The van der Waals surface area contributed by atoms with Gasteiger partial charge in [-0.05, 0) is 6.04 Å². The van der Waals surface area contributed by atoms with Crippen molar-refractivity contribution in [2.24, 2.45) is 0 Å². The number of hydrogen-bond acceptors (Lipinski definition) is 2. The van der Waals surface area contributed by atoms with E-state index in [9.17, 15) is 4.79 Å². The largest absolute Gasteiger partial charge is 0.480 e. The van der Waals surface area contributed by atoms with Crippen LogP contribution in [0.5, 0.6) is 0 Å². The van der Waals surface area contributed by atoms with Gasteiger partial charge in [-0.3, -0.25) is 0 Å². The lowest BCUT2D eigenvalue weighted by atomic mass is 10.7. The molecule has 0 heterocycles. The molecular formula is C7H16O3Si. The summed E-state index contributed by atoms with van der Waals surface area (Å²) in [6, 6.07) is 1.03. The van der Waals surface area contributed by atoms with Crippen molar-refractivity contribution in [3.8, 4) is 0 Å². The molecule has 0 radical (unpaired) electrons. The van der Waals surface area contributed by atoms with Crippen LogP contribution in [0, 0.1) is 0 Å². The summed E-state index contributed by atoms with van der Waals surface area (Å²) in [4.78, 5) is 10.0. The van der Waals surface area contributed by atoms with Gasteiger partial charge in [0, 0.05) is 14.7 Å². The maximum atomic E-state index is 10.0. The van der Waals surface area contributed by atoms with E-state index in [1.54, 1.807) is 0 Å².